The highest BCUT2D eigenvalue weighted by molar-refractivity contribution is 8.26. The maximum absolute atomic E-state index is 14.1. The number of aromatic hydroxyl groups is 1. The van der Waals surface area contributed by atoms with Crippen LogP contribution >= 0.6 is 11.8 Å². The van der Waals surface area contributed by atoms with E-state index in [0.29, 0.717) is 56.3 Å². The lowest BCUT2D eigenvalue weighted by molar-refractivity contribution is -0.147. The van der Waals surface area contributed by atoms with E-state index in [1.54, 1.807) is 12.1 Å². The average Bonchev–Trinajstić information content (AvgIpc) is 2.94. The molecule has 1 aliphatic carbocycles. The first kappa shape index (κ1) is 31.0. The van der Waals surface area contributed by atoms with Gasteiger partial charge in [-0.05, 0) is 50.9 Å². The molecule has 1 saturated carbocycles. The van der Waals surface area contributed by atoms with E-state index in [1.807, 2.05) is 14.0 Å². The third-order valence-electron chi connectivity index (χ3n) is 7.58. The Morgan fingerprint density at radius 3 is 2.48 bits per heavy atom. The number of carbonyl (C=O) groups excluding carboxylic acids is 2. The Labute approximate surface area is 234 Å². The lowest BCUT2D eigenvalue weighted by Gasteiger charge is -2.52. The number of benzene rings is 1. The summed E-state index contributed by atoms with van der Waals surface area (Å²) in [6, 6.07) is 2.97. The Balaban J connectivity index is 1.97. The molecule has 1 heterocycles. The number of hydrogen-bond donors (Lipinski definition) is 3. The molecule has 0 aliphatic heterocycles. The van der Waals surface area contributed by atoms with Crippen LogP contribution < -0.4 is 10.4 Å². The van der Waals surface area contributed by atoms with Crippen molar-refractivity contribution in [1.82, 2.24) is 9.58 Å². The van der Waals surface area contributed by atoms with Gasteiger partial charge in [0.1, 0.15) is 28.0 Å². The van der Waals surface area contributed by atoms with Crippen LogP contribution in [0.1, 0.15) is 54.2 Å². The highest BCUT2D eigenvalue weighted by atomic mass is 32.2. The fourth-order valence-corrected chi connectivity index (χ4v) is 5.83. The zero-order chi connectivity index (χ0) is 29.8. The highest BCUT2D eigenvalue weighted by Gasteiger charge is 2.44. The molecule has 0 spiro atoms. The molecule has 3 rings (SSSR count). The van der Waals surface area contributed by atoms with E-state index in [1.165, 1.54) is 24.0 Å². The van der Waals surface area contributed by atoms with Gasteiger partial charge in [-0.3, -0.25) is 39.8 Å². The molecule has 13 heteroatoms. The molecule has 0 amide bonds. The quantitative estimate of drug-likeness (QED) is 0.135. The fourth-order valence-electron chi connectivity index (χ4n) is 5.10. The number of ether oxygens (including phenoxy) is 1. The Morgan fingerprint density at radius 2 is 1.93 bits per heavy atom. The Bertz CT molecular complexity index is 1370. The first-order chi connectivity index (χ1) is 18.9. The van der Waals surface area contributed by atoms with Crippen LogP contribution in [0.15, 0.2) is 29.2 Å². The number of pyridine rings is 1. The number of nitrogens with one attached hydrogen (secondary N) is 2. The van der Waals surface area contributed by atoms with Crippen molar-refractivity contribution in [2.75, 3.05) is 32.8 Å². The van der Waals surface area contributed by atoms with Gasteiger partial charge in [0.15, 0.2) is 12.0 Å². The number of halogens is 2. The summed E-state index contributed by atoms with van der Waals surface area (Å²) >= 11 is 0.582. The number of aldehydes is 1. The summed E-state index contributed by atoms with van der Waals surface area (Å²) in [6.07, 6.45) is 3.43. The van der Waals surface area contributed by atoms with Gasteiger partial charge in [-0.25, -0.2) is 8.78 Å². The summed E-state index contributed by atoms with van der Waals surface area (Å²) in [5, 5.41) is 28.6. The number of esters is 1. The van der Waals surface area contributed by atoms with Gasteiger partial charge >= 0.3 is 5.97 Å². The molecule has 1 fully saturated rings. The molecule has 40 heavy (non-hydrogen) atoms. The molecule has 3 N–H and O–H groups in total. The number of methoxy groups -OCH3 is 1. The smallest absolute Gasteiger partial charge is 0.308 e. The van der Waals surface area contributed by atoms with E-state index in [0.717, 1.165) is 6.07 Å². The number of rotatable bonds is 9. The maximum atomic E-state index is 14.1. The number of thioether (sulfide) groups is 1. The zero-order valence-corrected chi connectivity index (χ0v) is 23.6. The molecule has 0 bridgehead atoms. The van der Waals surface area contributed by atoms with Crippen molar-refractivity contribution in [3.63, 3.8) is 0 Å². The normalized spacial score (nSPS) is 18.8. The van der Waals surface area contributed by atoms with Gasteiger partial charge < -0.3 is 9.84 Å². The predicted octanol–water partition coefficient (Wildman–Crippen LogP) is 3.50. The van der Waals surface area contributed by atoms with Crippen LogP contribution in [0.2, 0.25) is 0 Å². The number of aromatic nitrogens is 1. The fraction of sp³-hybridized carbons (Fsp3) is 0.444. The second kappa shape index (κ2) is 12.7. The highest BCUT2D eigenvalue weighted by Crippen LogP contribution is 2.38. The van der Waals surface area contributed by atoms with Crippen molar-refractivity contribution < 1.29 is 28.2 Å². The monoisotopic (exact) mass is 577 g/mol. The van der Waals surface area contributed by atoms with Crippen molar-refractivity contribution in [3.8, 4) is 5.75 Å². The van der Waals surface area contributed by atoms with Gasteiger partial charge in [0.25, 0.3) is 0 Å². The molecule has 0 atom stereocenters. The molecule has 2 aromatic rings. The summed E-state index contributed by atoms with van der Waals surface area (Å²) < 4.78 is 33.5. The molecule has 1 aromatic carbocycles. The van der Waals surface area contributed by atoms with Crippen molar-refractivity contribution in [1.29, 1.82) is 10.8 Å². The van der Waals surface area contributed by atoms with E-state index in [4.69, 9.17) is 15.6 Å². The Hall–Kier alpha value is -3.58. The Morgan fingerprint density at radius 1 is 1.27 bits per heavy atom. The van der Waals surface area contributed by atoms with E-state index < -0.39 is 28.5 Å². The second-order valence-corrected chi connectivity index (χ2v) is 10.8. The van der Waals surface area contributed by atoms with E-state index in [2.05, 4.69) is 4.90 Å². The molecule has 216 valence electrons. The standard InChI is InChI=1S/C27H33F2N5O5S/c1-5-32(2)27(10-8-16(9-11-27)26(38)39-4)33(3)34-14-19(23(36)24(37)21(34)15-35)25(31)40-22(30)12-17-6-7-18(28)13-20(17)29/h6-7,13-16,30-31,37H,5,8-12H2,1-4H3. The number of carbonyl (C=O) groups is 2. The minimum Gasteiger partial charge on any atom is -0.503 e. The summed E-state index contributed by atoms with van der Waals surface area (Å²) in [5.74, 6) is -3.00. The van der Waals surface area contributed by atoms with Crippen LogP contribution in [-0.2, 0) is 16.0 Å². The van der Waals surface area contributed by atoms with Gasteiger partial charge in [0, 0.05) is 25.7 Å². The van der Waals surface area contributed by atoms with Crippen LogP contribution in [0.5, 0.6) is 5.75 Å². The predicted molar refractivity (Wildman–Crippen MR) is 149 cm³/mol. The molecule has 1 aliphatic rings. The zero-order valence-electron chi connectivity index (χ0n) is 22.8. The first-order valence-corrected chi connectivity index (χ1v) is 13.5. The van der Waals surface area contributed by atoms with Gasteiger partial charge in [-0.1, -0.05) is 24.8 Å². The molecular weight excluding hydrogens is 544 g/mol. The van der Waals surface area contributed by atoms with Crippen LogP contribution in [0, 0.1) is 28.4 Å². The lowest BCUT2D eigenvalue weighted by atomic mass is 9.80. The lowest BCUT2D eigenvalue weighted by Crippen LogP contribution is -2.64. The number of hydrogen-bond acceptors (Lipinski definition) is 10. The Kier molecular flexibility index (Phi) is 9.85. The molecule has 0 saturated heterocycles. The maximum Gasteiger partial charge on any atom is 0.308 e. The minimum absolute atomic E-state index is 0.0510. The number of nitrogens with zero attached hydrogens (tertiary/aromatic N) is 3. The molecule has 0 unspecified atom stereocenters. The van der Waals surface area contributed by atoms with E-state index >= 15 is 0 Å². The SMILES string of the molecule is CCN(C)C1(N(C)n2cc(C(=N)SC(=N)Cc3ccc(F)cc3F)c(=O)c(O)c2C=O)CCC(C(=O)OC)CC1. The summed E-state index contributed by atoms with van der Waals surface area (Å²) in [4.78, 5) is 39.2. The van der Waals surface area contributed by atoms with Crippen LogP contribution in [0.25, 0.3) is 0 Å². The molecular formula is C27H33F2N5O5S. The van der Waals surface area contributed by atoms with Crippen molar-refractivity contribution >= 4 is 34.1 Å². The van der Waals surface area contributed by atoms with Crippen LogP contribution in [-0.4, -0.2) is 70.4 Å². The summed E-state index contributed by atoms with van der Waals surface area (Å²) in [5.41, 5.74) is -2.19. The van der Waals surface area contributed by atoms with Crippen molar-refractivity contribution in [3.05, 3.63) is 63.1 Å². The van der Waals surface area contributed by atoms with Crippen LogP contribution in [0.3, 0.4) is 0 Å². The average molecular weight is 578 g/mol. The van der Waals surface area contributed by atoms with Crippen molar-refractivity contribution in [2.24, 2.45) is 5.92 Å². The molecule has 0 radical (unpaired) electrons. The minimum atomic E-state index is -0.961. The van der Waals surface area contributed by atoms with Crippen LogP contribution in [0.4, 0.5) is 8.78 Å². The second-order valence-electron chi connectivity index (χ2n) is 9.65. The van der Waals surface area contributed by atoms with Gasteiger partial charge in [0.2, 0.25) is 5.43 Å². The van der Waals surface area contributed by atoms with E-state index in [9.17, 15) is 28.3 Å². The third kappa shape index (κ3) is 6.09. The largest absolute Gasteiger partial charge is 0.503 e. The first-order valence-electron chi connectivity index (χ1n) is 12.6. The van der Waals surface area contributed by atoms with Gasteiger partial charge in [-0.15, -0.1) is 0 Å². The topological polar surface area (TPSA) is 140 Å². The molecule has 10 nitrogen and oxygen atoms in total. The third-order valence-corrected chi connectivity index (χ3v) is 8.39. The van der Waals surface area contributed by atoms with Gasteiger partial charge in [-0.2, -0.15) is 0 Å². The summed E-state index contributed by atoms with van der Waals surface area (Å²) in [7, 11) is 4.94. The van der Waals surface area contributed by atoms with Crippen molar-refractivity contribution in [2.45, 2.75) is 44.7 Å². The molecule has 1 aromatic heterocycles. The van der Waals surface area contributed by atoms with Gasteiger partial charge in [0.05, 0.1) is 23.6 Å². The van der Waals surface area contributed by atoms with E-state index in [-0.39, 0.29) is 45.2 Å². The summed E-state index contributed by atoms with van der Waals surface area (Å²) in [6.45, 7) is 2.57.